The third-order valence-electron chi connectivity index (χ3n) is 2.14. The molecule has 1 saturated heterocycles. The number of carbonyl (C=O) groups is 1. The van der Waals surface area contributed by atoms with E-state index in [-0.39, 0.29) is 6.61 Å². The van der Waals surface area contributed by atoms with Crippen molar-refractivity contribution in [1.82, 2.24) is 0 Å². The van der Waals surface area contributed by atoms with E-state index in [0.717, 1.165) is 0 Å². The lowest BCUT2D eigenvalue weighted by atomic mass is 10.0. The van der Waals surface area contributed by atoms with Crippen LogP contribution in [0.15, 0.2) is 0 Å². The van der Waals surface area contributed by atoms with E-state index in [2.05, 4.69) is 0 Å². The zero-order chi connectivity index (χ0) is 10.7. The first-order chi connectivity index (χ1) is 6.65. The Morgan fingerprint density at radius 1 is 1.43 bits per heavy atom. The van der Waals surface area contributed by atoms with Gasteiger partial charge in [0.05, 0.1) is 6.61 Å². The summed E-state index contributed by atoms with van der Waals surface area (Å²) in [6, 6.07) is 0. The molecule has 82 valence electrons. The van der Waals surface area contributed by atoms with Crippen molar-refractivity contribution in [3.05, 3.63) is 0 Å². The Morgan fingerprint density at radius 2 is 2.07 bits per heavy atom. The van der Waals surface area contributed by atoms with Crippen molar-refractivity contribution in [2.75, 3.05) is 20.8 Å². The molecule has 2 N–H and O–H groups in total. The van der Waals surface area contributed by atoms with Gasteiger partial charge in [0, 0.05) is 14.2 Å². The number of rotatable bonds is 3. The SMILES string of the molecule is CO[C@@H]1O[C@H](CO)[C@@H](OC)C(=O)[C@H]1O. The van der Waals surface area contributed by atoms with Gasteiger partial charge in [-0.15, -0.1) is 0 Å². The number of aliphatic hydroxyl groups excluding tert-OH is 2. The van der Waals surface area contributed by atoms with Crippen LogP contribution in [0.1, 0.15) is 0 Å². The molecule has 1 aliphatic rings. The van der Waals surface area contributed by atoms with Gasteiger partial charge in [-0.3, -0.25) is 4.79 Å². The average Bonchev–Trinajstić information content (AvgIpc) is 2.21. The number of aliphatic hydroxyl groups is 2. The predicted octanol–water partition coefficient (Wildman–Crippen LogP) is -1.70. The van der Waals surface area contributed by atoms with Crippen LogP contribution in [-0.2, 0) is 19.0 Å². The summed E-state index contributed by atoms with van der Waals surface area (Å²) in [7, 11) is 2.62. The molecule has 6 nitrogen and oxygen atoms in total. The normalized spacial score (nSPS) is 38.7. The first-order valence-corrected chi connectivity index (χ1v) is 4.19. The molecule has 0 bridgehead atoms. The van der Waals surface area contributed by atoms with Gasteiger partial charge in [0.2, 0.25) is 0 Å². The van der Waals surface area contributed by atoms with Gasteiger partial charge in [-0.1, -0.05) is 0 Å². The van der Waals surface area contributed by atoms with Gasteiger partial charge in [-0.05, 0) is 0 Å². The number of ether oxygens (including phenoxy) is 3. The highest BCUT2D eigenvalue weighted by atomic mass is 16.7. The van der Waals surface area contributed by atoms with Gasteiger partial charge < -0.3 is 24.4 Å². The summed E-state index contributed by atoms with van der Waals surface area (Å²) in [6.45, 7) is -0.364. The van der Waals surface area contributed by atoms with Crippen LogP contribution in [0.25, 0.3) is 0 Å². The van der Waals surface area contributed by atoms with Crippen molar-refractivity contribution in [2.24, 2.45) is 0 Å². The minimum absolute atomic E-state index is 0.364. The van der Waals surface area contributed by atoms with Crippen molar-refractivity contribution in [3.8, 4) is 0 Å². The lowest BCUT2D eigenvalue weighted by Gasteiger charge is -2.35. The molecule has 1 aliphatic heterocycles. The summed E-state index contributed by atoms with van der Waals surface area (Å²) < 4.78 is 14.7. The quantitative estimate of drug-likeness (QED) is 0.572. The number of Topliss-reactive ketones (excluding diaryl/α,β-unsaturated/α-hetero) is 1. The van der Waals surface area contributed by atoms with Crippen LogP contribution in [0.5, 0.6) is 0 Å². The molecule has 1 heterocycles. The van der Waals surface area contributed by atoms with Crippen molar-refractivity contribution < 1.29 is 29.2 Å². The second-order valence-corrected chi connectivity index (χ2v) is 2.96. The molecule has 0 unspecified atom stereocenters. The van der Waals surface area contributed by atoms with Crippen molar-refractivity contribution >= 4 is 5.78 Å². The zero-order valence-corrected chi connectivity index (χ0v) is 8.04. The molecule has 0 saturated carbocycles. The van der Waals surface area contributed by atoms with E-state index in [0.29, 0.717) is 0 Å². The fraction of sp³-hybridized carbons (Fsp3) is 0.875. The summed E-state index contributed by atoms with van der Waals surface area (Å²) in [5, 5.41) is 18.3. The maximum atomic E-state index is 11.4. The van der Waals surface area contributed by atoms with Crippen LogP contribution in [0.4, 0.5) is 0 Å². The Hall–Kier alpha value is -0.530. The van der Waals surface area contributed by atoms with Crippen LogP contribution in [-0.4, -0.2) is 61.4 Å². The van der Waals surface area contributed by atoms with Crippen molar-refractivity contribution in [3.63, 3.8) is 0 Å². The van der Waals surface area contributed by atoms with E-state index in [1.807, 2.05) is 0 Å². The third kappa shape index (κ3) is 1.94. The van der Waals surface area contributed by atoms with E-state index in [1.54, 1.807) is 0 Å². The molecule has 0 aromatic rings. The van der Waals surface area contributed by atoms with Gasteiger partial charge in [0.15, 0.2) is 18.2 Å². The molecule has 0 spiro atoms. The summed E-state index contributed by atoms with van der Waals surface area (Å²) >= 11 is 0. The highest BCUT2D eigenvalue weighted by Crippen LogP contribution is 2.19. The molecular weight excluding hydrogens is 192 g/mol. The van der Waals surface area contributed by atoms with Crippen LogP contribution < -0.4 is 0 Å². The van der Waals surface area contributed by atoms with Crippen LogP contribution in [0, 0.1) is 0 Å². The van der Waals surface area contributed by atoms with E-state index < -0.39 is 30.4 Å². The monoisotopic (exact) mass is 206 g/mol. The molecule has 0 aromatic carbocycles. The molecule has 0 aromatic heterocycles. The summed E-state index contributed by atoms with van der Waals surface area (Å²) in [6.07, 6.45) is -4.14. The highest BCUT2D eigenvalue weighted by molar-refractivity contribution is 5.88. The summed E-state index contributed by atoms with van der Waals surface area (Å²) in [4.78, 5) is 11.4. The van der Waals surface area contributed by atoms with Crippen molar-refractivity contribution in [1.29, 1.82) is 0 Å². The van der Waals surface area contributed by atoms with Crippen molar-refractivity contribution in [2.45, 2.75) is 24.6 Å². The van der Waals surface area contributed by atoms with Crippen LogP contribution in [0.3, 0.4) is 0 Å². The molecule has 1 fully saturated rings. The van der Waals surface area contributed by atoms with Gasteiger partial charge in [-0.2, -0.15) is 0 Å². The first-order valence-electron chi connectivity index (χ1n) is 4.19. The number of hydrogen-bond acceptors (Lipinski definition) is 6. The Labute approximate surface area is 81.4 Å². The minimum Gasteiger partial charge on any atom is -0.394 e. The lowest BCUT2D eigenvalue weighted by Crippen LogP contribution is -2.57. The fourth-order valence-electron chi connectivity index (χ4n) is 1.39. The highest BCUT2D eigenvalue weighted by Gasteiger charge is 2.44. The zero-order valence-electron chi connectivity index (χ0n) is 8.04. The Bertz CT molecular complexity index is 206. The molecule has 1 rings (SSSR count). The number of carbonyl (C=O) groups excluding carboxylic acids is 1. The van der Waals surface area contributed by atoms with Crippen LogP contribution in [0.2, 0.25) is 0 Å². The topological polar surface area (TPSA) is 85.2 Å². The van der Waals surface area contributed by atoms with E-state index >= 15 is 0 Å². The Balaban J connectivity index is 2.76. The Kier molecular flexibility index (Phi) is 3.97. The van der Waals surface area contributed by atoms with Crippen LogP contribution >= 0.6 is 0 Å². The van der Waals surface area contributed by atoms with Gasteiger partial charge in [0.1, 0.15) is 12.2 Å². The summed E-state index contributed by atoms with van der Waals surface area (Å²) in [5.74, 6) is -0.537. The second-order valence-electron chi connectivity index (χ2n) is 2.96. The van der Waals surface area contributed by atoms with E-state index in [9.17, 15) is 9.90 Å². The third-order valence-corrected chi connectivity index (χ3v) is 2.14. The lowest BCUT2D eigenvalue weighted by molar-refractivity contribution is -0.250. The summed E-state index contributed by atoms with van der Waals surface area (Å²) in [5.41, 5.74) is 0. The second kappa shape index (κ2) is 4.81. The van der Waals surface area contributed by atoms with Gasteiger partial charge in [0.25, 0.3) is 0 Å². The number of ketones is 1. The number of methoxy groups -OCH3 is 2. The average molecular weight is 206 g/mol. The molecule has 6 heteroatoms. The minimum atomic E-state index is -1.37. The molecule has 14 heavy (non-hydrogen) atoms. The molecule has 0 amide bonds. The van der Waals surface area contributed by atoms with E-state index in [1.165, 1.54) is 14.2 Å². The smallest absolute Gasteiger partial charge is 0.197 e. The maximum absolute atomic E-state index is 11.4. The molecular formula is C8H14O6. The molecule has 0 aliphatic carbocycles. The van der Waals surface area contributed by atoms with Gasteiger partial charge >= 0.3 is 0 Å². The first kappa shape index (κ1) is 11.5. The number of hydrogen-bond donors (Lipinski definition) is 2. The maximum Gasteiger partial charge on any atom is 0.197 e. The van der Waals surface area contributed by atoms with Gasteiger partial charge in [-0.25, -0.2) is 0 Å². The Morgan fingerprint density at radius 3 is 2.50 bits per heavy atom. The predicted molar refractivity (Wildman–Crippen MR) is 44.6 cm³/mol. The molecule has 4 atom stereocenters. The largest absolute Gasteiger partial charge is 0.394 e. The van der Waals surface area contributed by atoms with E-state index in [4.69, 9.17) is 19.3 Å². The standard InChI is InChI=1S/C8H14O6/c1-12-7-4(3-9)14-8(13-2)6(11)5(7)10/h4,6-9,11H,3H2,1-2H3/t4-,6-,7-,8-/m1/s1. The fourth-order valence-corrected chi connectivity index (χ4v) is 1.39. The molecule has 0 radical (unpaired) electrons.